The summed E-state index contributed by atoms with van der Waals surface area (Å²) < 4.78 is 5.96. The van der Waals surface area contributed by atoms with Gasteiger partial charge in [0, 0.05) is 12.3 Å². The smallest absolute Gasteiger partial charge is 0.125 e. The number of hydrogen-bond acceptors (Lipinski definition) is 1. The summed E-state index contributed by atoms with van der Waals surface area (Å²) in [6.45, 7) is 0. The molecule has 0 aliphatic heterocycles. The van der Waals surface area contributed by atoms with Crippen LogP contribution < -0.4 is 4.74 Å². The Labute approximate surface area is 107 Å². The van der Waals surface area contributed by atoms with Gasteiger partial charge in [-0.15, -0.1) is 11.6 Å². The van der Waals surface area contributed by atoms with Gasteiger partial charge < -0.3 is 4.74 Å². The fraction of sp³-hybridized carbons (Fsp3) is 0.200. The number of hydrogen-bond donors (Lipinski definition) is 0. The van der Waals surface area contributed by atoms with Gasteiger partial charge in [0.2, 0.25) is 0 Å². The SMILES string of the molecule is ClCC[C@@H](Oc1ccccc1)c1ccccc1. The Hall–Kier alpha value is -1.47. The molecule has 2 rings (SSSR count). The molecular formula is C15H15ClO. The highest BCUT2D eigenvalue weighted by molar-refractivity contribution is 6.17. The molecule has 0 bridgehead atoms. The van der Waals surface area contributed by atoms with Crippen LogP contribution in [0, 0.1) is 0 Å². The molecular weight excluding hydrogens is 232 g/mol. The monoisotopic (exact) mass is 246 g/mol. The van der Waals surface area contributed by atoms with Gasteiger partial charge in [0.1, 0.15) is 11.9 Å². The topological polar surface area (TPSA) is 9.23 Å². The van der Waals surface area contributed by atoms with E-state index in [9.17, 15) is 0 Å². The Morgan fingerprint density at radius 2 is 1.47 bits per heavy atom. The van der Waals surface area contributed by atoms with E-state index in [0.717, 1.165) is 17.7 Å². The lowest BCUT2D eigenvalue weighted by Gasteiger charge is -2.18. The number of halogens is 1. The second-order valence-electron chi connectivity index (χ2n) is 3.81. The van der Waals surface area contributed by atoms with Crippen LogP contribution in [-0.4, -0.2) is 5.88 Å². The van der Waals surface area contributed by atoms with Crippen LogP contribution in [0.1, 0.15) is 18.1 Å². The Morgan fingerprint density at radius 3 is 2.06 bits per heavy atom. The van der Waals surface area contributed by atoms with Crippen LogP contribution >= 0.6 is 11.6 Å². The molecule has 88 valence electrons. The number of ether oxygens (including phenoxy) is 1. The molecule has 2 heteroatoms. The molecule has 0 saturated carbocycles. The van der Waals surface area contributed by atoms with Crippen LogP contribution in [0.15, 0.2) is 60.7 Å². The highest BCUT2D eigenvalue weighted by atomic mass is 35.5. The zero-order valence-electron chi connectivity index (χ0n) is 9.55. The molecule has 0 amide bonds. The average molecular weight is 247 g/mol. The summed E-state index contributed by atoms with van der Waals surface area (Å²) in [7, 11) is 0. The minimum Gasteiger partial charge on any atom is -0.486 e. The first-order chi connectivity index (χ1) is 8.40. The Morgan fingerprint density at radius 1 is 0.882 bits per heavy atom. The van der Waals surface area contributed by atoms with Gasteiger partial charge in [0.15, 0.2) is 0 Å². The third kappa shape index (κ3) is 3.50. The van der Waals surface area contributed by atoms with Crippen molar-refractivity contribution in [3.05, 3.63) is 66.2 Å². The molecule has 0 aliphatic carbocycles. The van der Waals surface area contributed by atoms with Crippen molar-refractivity contribution in [1.82, 2.24) is 0 Å². The van der Waals surface area contributed by atoms with Crippen molar-refractivity contribution in [1.29, 1.82) is 0 Å². The van der Waals surface area contributed by atoms with Crippen LogP contribution in [0.3, 0.4) is 0 Å². The van der Waals surface area contributed by atoms with Crippen LogP contribution in [-0.2, 0) is 0 Å². The second-order valence-corrected chi connectivity index (χ2v) is 4.19. The first-order valence-corrected chi connectivity index (χ1v) is 6.26. The summed E-state index contributed by atoms with van der Waals surface area (Å²) in [4.78, 5) is 0. The Bertz CT molecular complexity index is 427. The maximum absolute atomic E-state index is 5.96. The molecule has 2 aromatic carbocycles. The van der Waals surface area contributed by atoms with Crippen LogP contribution in [0.2, 0.25) is 0 Å². The molecule has 0 spiro atoms. The van der Waals surface area contributed by atoms with Gasteiger partial charge in [0.05, 0.1) is 0 Å². The molecule has 1 nitrogen and oxygen atoms in total. The van der Waals surface area contributed by atoms with Crippen molar-refractivity contribution < 1.29 is 4.74 Å². The normalized spacial score (nSPS) is 12.1. The van der Waals surface area contributed by atoms with E-state index in [1.165, 1.54) is 0 Å². The van der Waals surface area contributed by atoms with Crippen molar-refractivity contribution in [3.63, 3.8) is 0 Å². The molecule has 2 aromatic rings. The molecule has 0 unspecified atom stereocenters. The van der Waals surface area contributed by atoms with Crippen molar-refractivity contribution in [2.24, 2.45) is 0 Å². The Balaban J connectivity index is 2.13. The molecule has 0 aromatic heterocycles. The standard InChI is InChI=1S/C15H15ClO/c16-12-11-15(13-7-3-1-4-8-13)17-14-9-5-2-6-10-14/h1-10,15H,11-12H2/t15-/m1/s1. The van der Waals surface area contributed by atoms with Gasteiger partial charge in [-0.25, -0.2) is 0 Å². The summed E-state index contributed by atoms with van der Waals surface area (Å²) >= 11 is 5.83. The zero-order chi connectivity index (χ0) is 11.9. The maximum Gasteiger partial charge on any atom is 0.125 e. The van der Waals surface area contributed by atoms with Crippen molar-refractivity contribution in [2.45, 2.75) is 12.5 Å². The highest BCUT2D eigenvalue weighted by Gasteiger charge is 2.11. The predicted octanol–water partition coefficient (Wildman–Crippen LogP) is 4.44. The second kappa shape index (κ2) is 6.31. The summed E-state index contributed by atoms with van der Waals surface area (Å²) in [5, 5.41) is 0. The quantitative estimate of drug-likeness (QED) is 0.709. The summed E-state index contributed by atoms with van der Waals surface area (Å²) in [6.07, 6.45) is 0.830. The number of alkyl halides is 1. The number of benzene rings is 2. The third-order valence-corrected chi connectivity index (χ3v) is 2.78. The summed E-state index contributed by atoms with van der Waals surface area (Å²) in [5.74, 6) is 1.47. The van der Waals surface area contributed by atoms with E-state index in [1.807, 2.05) is 48.5 Å². The average Bonchev–Trinajstić information content (AvgIpc) is 2.40. The Kier molecular flexibility index (Phi) is 4.45. The first-order valence-electron chi connectivity index (χ1n) is 5.73. The van der Waals surface area contributed by atoms with Gasteiger partial charge in [0.25, 0.3) is 0 Å². The summed E-state index contributed by atoms with van der Waals surface area (Å²) in [6, 6.07) is 20.0. The number of para-hydroxylation sites is 1. The van der Waals surface area contributed by atoms with E-state index in [0.29, 0.717) is 5.88 Å². The third-order valence-electron chi connectivity index (χ3n) is 2.56. The molecule has 1 atom stereocenters. The van der Waals surface area contributed by atoms with E-state index < -0.39 is 0 Å². The molecule has 0 fully saturated rings. The first kappa shape index (κ1) is 12.0. The summed E-state index contributed by atoms with van der Waals surface area (Å²) in [5.41, 5.74) is 1.16. The van der Waals surface area contributed by atoms with Gasteiger partial charge in [-0.05, 0) is 17.7 Å². The fourth-order valence-corrected chi connectivity index (χ4v) is 1.92. The predicted molar refractivity (Wildman–Crippen MR) is 71.6 cm³/mol. The van der Waals surface area contributed by atoms with E-state index in [1.54, 1.807) is 0 Å². The lowest BCUT2D eigenvalue weighted by Crippen LogP contribution is -2.08. The lowest BCUT2D eigenvalue weighted by atomic mass is 10.1. The van der Waals surface area contributed by atoms with E-state index in [4.69, 9.17) is 16.3 Å². The van der Waals surface area contributed by atoms with Crippen molar-refractivity contribution >= 4 is 11.6 Å². The lowest BCUT2D eigenvalue weighted by molar-refractivity contribution is 0.202. The van der Waals surface area contributed by atoms with Gasteiger partial charge in [-0.1, -0.05) is 48.5 Å². The largest absolute Gasteiger partial charge is 0.486 e. The van der Waals surface area contributed by atoms with E-state index in [-0.39, 0.29) is 6.10 Å². The van der Waals surface area contributed by atoms with Crippen LogP contribution in [0.25, 0.3) is 0 Å². The molecule has 0 saturated heterocycles. The highest BCUT2D eigenvalue weighted by Crippen LogP contribution is 2.24. The van der Waals surface area contributed by atoms with Gasteiger partial charge in [-0.3, -0.25) is 0 Å². The molecule has 0 N–H and O–H groups in total. The van der Waals surface area contributed by atoms with Crippen molar-refractivity contribution in [3.8, 4) is 5.75 Å². The van der Waals surface area contributed by atoms with Crippen LogP contribution in [0.4, 0.5) is 0 Å². The maximum atomic E-state index is 5.96. The van der Waals surface area contributed by atoms with Crippen LogP contribution in [0.5, 0.6) is 5.75 Å². The fourth-order valence-electron chi connectivity index (χ4n) is 1.72. The molecule has 17 heavy (non-hydrogen) atoms. The molecule has 0 aliphatic rings. The molecule has 0 radical (unpaired) electrons. The minimum atomic E-state index is 0.0242. The van der Waals surface area contributed by atoms with Crippen molar-refractivity contribution in [2.75, 3.05) is 5.88 Å². The number of rotatable bonds is 5. The molecule has 0 heterocycles. The van der Waals surface area contributed by atoms with Gasteiger partial charge in [-0.2, -0.15) is 0 Å². The van der Waals surface area contributed by atoms with E-state index in [2.05, 4.69) is 12.1 Å². The van der Waals surface area contributed by atoms with Gasteiger partial charge >= 0.3 is 0 Å². The minimum absolute atomic E-state index is 0.0242. The zero-order valence-corrected chi connectivity index (χ0v) is 10.3. The van der Waals surface area contributed by atoms with E-state index >= 15 is 0 Å².